The van der Waals surface area contributed by atoms with E-state index in [0.717, 1.165) is 11.3 Å². The van der Waals surface area contributed by atoms with Gasteiger partial charge in [-0.15, -0.1) is 10.2 Å². The van der Waals surface area contributed by atoms with Crippen LogP contribution in [0.15, 0.2) is 69.5 Å². The normalized spacial score (nSPS) is 10.7. The van der Waals surface area contributed by atoms with Gasteiger partial charge in [0, 0.05) is 17.2 Å². The van der Waals surface area contributed by atoms with Crippen molar-refractivity contribution in [2.45, 2.75) is 11.3 Å². The molecule has 0 radical (unpaired) electrons. The van der Waals surface area contributed by atoms with Crippen LogP contribution < -0.4 is 10.1 Å². The predicted molar refractivity (Wildman–Crippen MR) is 122 cm³/mol. The van der Waals surface area contributed by atoms with Crippen LogP contribution in [0.3, 0.4) is 0 Å². The third-order valence-corrected chi connectivity index (χ3v) is 6.21. The van der Waals surface area contributed by atoms with E-state index in [-0.39, 0.29) is 17.2 Å². The van der Waals surface area contributed by atoms with E-state index in [1.165, 1.54) is 23.1 Å². The minimum Gasteiger partial charge on any atom is -0.494 e. The van der Waals surface area contributed by atoms with Gasteiger partial charge in [0.15, 0.2) is 21.6 Å². The van der Waals surface area contributed by atoms with E-state index < -0.39 is 5.91 Å². The molecule has 0 aliphatic rings. The standard InChI is InChI=1S/C22H18N4O4S2/c1-2-29-16-10-8-15(9-11-16)19-12-17(26-30-19)20(28)23-21-24-25-22(32-21)31-13-18(27)14-6-4-3-5-7-14/h3-12H,2,13H2,1H3,(H,23,24,28). The lowest BCUT2D eigenvalue weighted by molar-refractivity contribution is 0.101. The lowest BCUT2D eigenvalue weighted by Gasteiger charge is -2.02. The zero-order valence-electron chi connectivity index (χ0n) is 17.0. The number of anilines is 1. The number of aromatic nitrogens is 3. The average Bonchev–Trinajstić information content (AvgIpc) is 3.49. The molecule has 0 unspecified atom stereocenters. The van der Waals surface area contributed by atoms with E-state index in [1.807, 2.05) is 49.4 Å². The number of ketones is 1. The highest BCUT2D eigenvalue weighted by molar-refractivity contribution is 8.01. The number of nitrogens with zero attached hydrogens (tertiary/aromatic N) is 3. The molecule has 162 valence electrons. The molecule has 32 heavy (non-hydrogen) atoms. The van der Waals surface area contributed by atoms with Crippen LogP contribution >= 0.6 is 23.1 Å². The minimum absolute atomic E-state index is 0.000742. The third kappa shape index (κ3) is 5.40. The van der Waals surface area contributed by atoms with E-state index in [4.69, 9.17) is 9.26 Å². The molecule has 2 aromatic carbocycles. The van der Waals surface area contributed by atoms with Crippen LogP contribution in [0.1, 0.15) is 27.8 Å². The first-order chi connectivity index (χ1) is 15.6. The van der Waals surface area contributed by atoms with Crippen LogP contribution in [0.4, 0.5) is 5.13 Å². The Morgan fingerprint density at radius 1 is 1.09 bits per heavy atom. The molecule has 0 atom stereocenters. The van der Waals surface area contributed by atoms with Crippen LogP contribution in [0.2, 0.25) is 0 Å². The van der Waals surface area contributed by atoms with Crippen molar-refractivity contribution in [1.82, 2.24) is 15.4 Å². The van der Waals surface area contributed by atoms with Crippen molar-refractivity contribution < 1.29 is 18.8 Å². The van der Waals surface area contributed by atoms with Crippen LogP contribution in [0, 0.1) is 0 Å². The Balaban J connectivity index is 1.33. The molecule has 10 heteroatoms. The monoisotopic (exact) mass is 466 g/mol. The maximum atomic E-state index is 12.5. The van der Waals surface area contributed by atoms with Crippen molar-refractivity contribution in [2.75, 3.05) is 17.7 Å². The van der Waals surface area contributed by atoms with Gasteiger partial charge in [-0.3, -0.25) is 14.9 Å². The summed E-state index contributed by atoms with van der Waals surface area (Å²) >= 11 is 2.46. The summed E-state index contributed by atoms with van der Waals surface area (Å²) in [5.74, 6) is 0.997. The summed E-state index contributed by atoms with van der Waals surface area (Å²) in [5, 5.41) is 14.8. The molecule has 0 saturated heterocycles. The van der Waals surface area contributed by atoms with Gasteiger partial charge in [0.05, 0.1) is 12.4 Å². The molecular weight excluding hydrogens is 448 g/mol. The molecule has 0 bridgehead atoms. The van der Waals surface area contributed by atoms with E-state index >= 15 is 0 Å². The van der Waals surface area contributed by atoms with Crippen molar-refractivity contribution in [1.29, 1.82) is 0 Å². The van der Waals surface area contributed by atoms with Gasteiger partial charge in [-0.05, 0) is 31.2 Å². The van der Waals surface area contributed by atoms with Gasteiger partial charge in [-0.1, -0.05) is 58.6 Å². The zero-order valence-corrected chi connectivity index (χ0v) is 18.6. The first-order valence-electron chi connectivity index (χ1n) is 9.68. The van der Waals surface area contributed by atoms with E-state index in [2.05, 4.69) is 20.7 Å². The molecule has 8 nitrogen and oxygen atoms in total. The maximum Gasteiger partial charge on any atom is 0.279 e. The van der Waals surface area contributed by atoms with Crippen molar-refractivity contribution in [2.24, 2.45) is 0 Å². The number of thioether (sulfide) groups is 1. The Morgan fingerprint density at radius 2 is 1.88 bits per heavy atom. The highest BCUT2D eigenvalue weighted by Crippen LogP contribution is 2.27. The fraction of sp³-hybridized carbons (Fsp3) is 0.136. The van der Waals surface area contributed by atoms with Gasteiger partial charge < -0.3 is 9.26 Å². The number of nitrogens with one attached hydrogen (secondary N) is 1. The van der Waals surface area contributed by atoms with Crippen molar-refractivity contribution in [3.8, 4) is 17.1 Å². The molecule has 0 saturated carbocycles. The summed E-state index contributed by atoms with van der Waals surface area (Å²) in [4.78, 5) is 24.7. The van der Waals surface area contributed by atoms with E-state index in [9.17, 15) is 9.59 Å². The van der Waals surface area contributed by atoms with Crippen LogP contribution in [-0.2, 0) is 0 Å². The molecule has 2 heterocycles. The van der Waals surface area contributed by atoms with Crippen molar-refractivity contribution in [3.05, 3.63) is 71.9 Å². The summed E-state index contributed by atoms with van der Waals surface area (Å²) in [6.45, 7) is 2.50. The lowest BCUT2D eigenvalue weighted by Crippen LogP contribution is -2.11. The predicted octanol–water partition coefficient (Wildman–Crippen LogP) is 4.82. The zero-order chi connectivity index (χ0) is 22.3. The largest absolute Gasteiger partial charge is 0.494 e. The average molecular weight is 467 g/mol. The van der Waals surface area contributed by atoms with Crippen molar-refractivity contribution in [3.63, 3.8) is 0 Å². The maximum absolute atomic E-state index is 12.5. The van der Waals surface area contributed by atoms with Crippen LogP contribution in [-0.4, -0.2) is 39.4 Å². The second-order valence-electron chi connectivity index (χ2n) is 6.44. The number of benzene rings is 2. The molecule has 4 rings (SSSR count). The number of hydrogen-bond acceptors (Lipinski definition) is 9. The fourth-order valence-electron chi connectivity index (χ4n) is 2.71. The number of hydrogen-bond donors (Lipinski definition) is 1. The molecule has 1 N–H and O–H groups in total. The molecule has 0 fully saturated rings. The second kappa shape index (κ2) is 10.2. The molecular formula is C22H18N4O4S2. The first-order valence-corrected chi connectivity index (χ1v) is 11.5. The van der Waals surface area contributed by atoms with Gasteiger partial charge >= 0.3 is 0 Å². The van der Waals surface area contributed by atoms with Gasteiger partial charge in [0.2, 0.25) is 5.13 Å². The number of rotatable bonds is 9. The van der Waals surface area contributed by atoms with Gasteiger partial charge in [0.25, 0.3) is 5.91 Å². The number of Topliss-reactive ketones (excluding diaryl/α,β-unsaturated/α-hetero) is 1. The summed E-state index contributed by atoms with van der Waals surface area (Å²) in [6.07, 6.45) is 0. The summed E-state index contributed by atoms with van der Waals surface area (Å²) in [6, 6.07) is 17.9. The highest BCUT2D eigenvalue weighted by Gasteiger charge is 2.17. The Morgan fingerprint density at radius 3 is 2.62 bits per heavy atom. The Bertz CT molecular complexity index is 1210. The smallest absolute Gasteiger partial charge is 0.279 e. The molecule has 0 aliphatic carbocycles. The number of ether oxygens (including phenoxy) is 1. The van der Waals surface area contributed by atoms with E-state index in [1.54, 1.807) is 18.2 Å². The van der Waals surface area contributed by atoms with Gasteiger partial charge in [-0.25, -0.2) is 0 Å². The summed E-state index contributed by atoms with van der Waals surface area (Å²) in [7, 11) is 0. The molecule has 1 amide bonds. The number of carbonyl (C=O) groups is 2. The molecule has 0 aliphatic heterocycles. The molecule has 4 aromatic rings. The van der Waals surface area contributed by atoms with Crippen LogP contribution in [0.5, 0.6) is 5.75 Å². The number of carbonyl (C=O) groups excluding carboxylic acids is 2. The summed E-state index contributed by atoms with van der Waals surface area (Å²) in [5.41, 5.74) is 1.54. The number of amides is 1. The van der Waals surface area contributed by atoms with Crippen molar-refractivity contribution >= 4 is 39.9 Å². The molecule has 2 aromatic heterocycles. The molecule has 0 spiro atoms. The highest BCUT2D eigenvalue weighted by atomic mass is 32.2. The van der Waals surface area contributed by atoms with E-state index in [0.29, 0.717) is 27.4 Å². The Kier molecular flexibility index (Phi) is 6.93. The Hall–Kier alpha value is -3.50. The topological polar surface area (TPSA) is 107 Å². The first kappa shape index (κ1) is 21.7. The minimum atomic E-state index is -0.459. The fourth-order valence-corrected chi connectivity index (χ4v) is 4.36. The quantitative estimate of drug-likeness (QED) is 0.213. The SMILES string of the molecule is CCOc1ccc(-c2cc(C(=O)Nc3nnc(SCC(=O)c4ccccc4)s3)no2)cc1. The van der Waals surface area contributed by atoms with Gasteiger partial charge in [0.1, 0.15) is 5.75 Å². The Labute approximate surface area is 192 Å². The second-order valence-corrected chi connectivity index (χ2v) is 8.64. The van der Waals surface area contributed by atoms with Gasteiger partial charge in [-0.2, -0.15) is 0 Å². The third-order valence-electron chi connectivity index (χ3n) is 4.24. The lowest BCUT2D eigenvalue weighted by atomic mass is 10.1. The summed E-state index contributed by atoms with van der Waals surface area (Å²) < 4.78 is 11.3. The van der Waals surface area contributed by atoms with Crippen LogP contribution in [0.25, 0.3) is 11.3 Å².